The smallest absolute Gasteiger partial charge is 0.288 e. The molecule has 0 unspecified atom stereocenters. The number of hydrogen-bond donors (Lipinski definition) is 2. The molecule has 4 aromatic rings. The zero-order valence-electron chi connectivity index (χ0n) is 17.0. The highest BCUT2D eigenvalue weighted by Gasteiger charge is 2.29. The van der Waals surface area contributed by atoms with E-state index < -0.39 is 5.92 Å². The summed E-state index contributed by atoms with van der Waals surface area (Å²) in [5.74, 6) is -2.84. The third kappa shape index (κ3) is 4.15. The van der Waals surface area contributed by atoms with Gasteiger partial charge in [-0.2, -0.15) is 18.3 Å². The minimum atomic E-state index is -3.10. The molecule has 1 aliphatic rings. The number of aromatic nitrogens is 6. The van der Waals surface area contributed by atoms with E-state index in [0.717, 1.165) is 42.8 Å². The number of piperidine rings is 1. The van der Waals surface area contributed by atoms with Crippen LogP contribution in [0.2, 0.25) is 0 Å². The minimum Gasteiger partial charge on any atom is -0.328 e. The monoisotopic (exact) mass is 444 g/mol. The summed E-state index contributed by atoms with van der Waals surface area (Å²) >= 11 is 1.29. The number of aromatic amines is 1. The van der Waals surface area contributed by atoms with Crippen LogP contribution in [0.15, 0.2) is 30.9 Å². The Balaban J connectivity index is 1.48. The highest BCUT2D eigenvalue weighted by Crippen LogP contribution is 2.32. The van der Waals surface area contributed by atoms with E-state index in [4.69, 9.17) is 0 Å². The highest BCUT2D eigenvalue weighted by molar-refractivity contribution is 7.10. The zero-order chi connectivity index (χ0) is 21.4. The summed E-state index contributed by atoms with van der Waals surface area (Å²) in [5.41, 5.74) is 2.47. The van der Waals surface area contributed by atoms with Gasteiger partial charge in [0.25, 0.3) is 5.92 Å². The molecule has 1 fully saturated rings. The van der Waals surface area contributed by atoms with Crippen LogP contribution in [0.5, 0.6) is 0 Å². The lowest BCUT2D eigenvalue weighted by molar-refractivity contribution is 0.0124. The summed E-state index contributed by atoms with van der Waals surface area (Å²) in [7, 11) is 0. The summed E-state index contributed by atoms with van der Waals surface area (Å²) in [5, 5.41) is 10.6. The van der Waals surface area contributed by atoms with Crippen LogP contribution in [0.3, 0.4) is 0 Å². The number of imidazole rings is 1. The first-order valence-corrected chi connectivity index (χ1v) is 11.0. The van der Waals surface area contributed by atoms with Gasteiger partial charge in [0.05, 0.1) is 23.8 Å². The van der Waals surface area contributed by atoms with Crippen molar-refractivity contribution in [1.82, 2.24) is 33.8 Å². The summed E-state index contributed by atoms with van der Waals surface area (Å²) in [6.07, 6.45) is 9.98. The van der Waals surface area contributed by atoms with E-state index in [1.54, 1.807) is 23.0 Å². The summed E-state index contributed by atoms with van der Waals surface area (Å²) in [6, 6.07) is 1.95. The number of nitrogens with zero attached hydrogens (tertiary/aromatic N) is 6. The largest absolute Gasteiger partial charge is 0.328 e. The number of alkyl halides is 2. The molecule has 0 atom stereocenters. The predicted octanol–water partition coefficient (Wildman–Crippen LogP) is 4.42. The Bertz CT molecular complexity index is 1170. The van der Waals surface area contributed by atoms with Crippen molar-refractivity contribution >= 4 is 28.0 Å². The van der Waals surface area contributed by atoms with E-state index in [1.807, 2.05) is 6.07 Å². The van der Waals surface area contributed by atoms with E-state index in [2.05, 4.69) is 34.8 Å². The molecule has 4 aromatic heterocycles. The Morgan fingerprint density at radius 2 is 2.06 bits per heavy atom. The Kier molecular flexibility index (Phi) is 5.14. The average molecular weight is 445 g/mol. The fourth-order valence-corrected chi connectivity index (χ4v) is 4.45. The van der Waals surface area contributed by atoms with Gasteiger partial charge in [-0.25, -0.2) is 9.97 Å². The van der Waals surface area contributed by atoms with Crippen molar-refractivity contribution in [2.75, 3.05) is 18.4 Å². The van der Waals surface area contributed by atoms with E-state index in [9.17, 15) is 8.78 Å². The van der Waals surface area contributed by atoms with Gasteiger partial charge in [-0.15, -0.1) is 0 Å². The number of anilines is 2. The molecule has 5 rings (SSSR count). The number of hydrogen-bond acceptors (Lipinski definition) is 7. The van der Waals surface area contributed by atoms with Crippen LogP contribution in [-0.4, -0.2) is 46.9 Å². The van der Waals surface area contributed by atoms with E-state index in [0.29, 0.717) is 11.3 Å². The third-order valence-electron chi connectivity index (χ3n) is 5.37. The van der Waals surface area contributed by atoms with Crippen LogP contribution in [0.4, 0.5) is 19.6 Å². The van der Waals surface area contributed by atoms with Crippen molar-refractivity contribution in [3.8, 4) is 11.3 Å². The molecule has 0 saturated carbocycles. The summed E-state index contributed by atoms with van der Waals surface area (Å²) in [4.78, 5) is 11.0. The molecule has 0 aromatic carbocycles. The Morgan fingerprint density at radius 1 is 1.23 bits per heavy atom. The Hall–Kier alpha value is -2.92. The van der Waals surface area contributed by atoms with Crippen molar-refractivity contribution in [3.63, 3.8) is 0 Å². The van der Waals surface area contributed by atoms with Gasteiger partial charge in [0.1, 0.15) is 10.7 Å². The van der Waals surface area contributed by atoms with Gasteiger partial charge in [0.15, 0.2) is 11.5 Å². The summed E-state index contributed by atoms with van der Waals surface area (Å²) < 4.78 is 34.5. The van der Waals surface area contributed by atoms with Gasteiger partial charge in [0.2, 0.25) is 0 Å². The van der Waals surface area contributed by atoms with Gasteiger partial charge in [-0.1, -0.05) is 6.42 Å². The molecule has 2 N–H and O–H groups in total. The highest BCUT2D eigenvalue weighted by atomic mass is 32.1. The molecule has 0 aliphatic carbocycles. The molecule has 31 heavy (non-hydrogen) atoms. The number of nitrogens with one attached hydrogen (secondary N) is 2. The van der Waals surface area contributed by atoms with E-state index >= 15 is 0 Å². The lowest BCUT2D eigenvalue weighted by atomic mass is 10.1. The fraction of sp³-hybridized carbons (Fsp3) is 0.400. The van der Waals surface area contributed by atoms with Gasteiger partial charge in [0, 0.05) is 31.4 Å². The first kappa shape index (κ1) is 20.0. The Morgan fingerprint density at radius 3 is 2.81 bits per heavy atom. The molecular weight excluding hydrogens is 422 g/mol. The molecule has 5 heterocycles. The van der Waals surface area contributed by atoms with Crippen molar-refractivity contribution in [1.29, 1.82) is 0 Å². The van der Waals surface area contributed by atoms with Crippen molar-refractivity contribution in [2.24, 2.45) is 0 Å². The maximum absolute atomic E-state index is 14.2. The van der Waals surface area contributed by atoms with Gasteiger partial charge in [-0.3, -0.25) is 14.4 Å². The van der Waals surface area contributed by atoms with Crippen LogP contribution in [0.25, 0.3) is 16.9 Å². The third-order valence-corrected chi connectivity index (χ3v) is 6.11. The molecule has 0 spiro atoms. The number of fused-ring (bicyclic) bond motifs is 1. The number of likely N-dealkylation sites (tertiary alicyclic amines) is 1. The van der Waals surface area contributed by atoms with Gasteiger partial charge >= 0.3 is 0 Å². The van der Waals surface area contributed by atoms with Crippen molar-refractivity contribution < 1.29 is 8.78 Å². The molecule has 0 bridgehead atoms. The second kappa shape index (κ2) is 7.97. The zero-order valence-corrected chi connectivity index (χ0v) is 17.8. The molecule has 162 valence electrons. The summed E-state index contributed by atoms with van der Waals surface area (Å²) in [6.45, 7) is 3.80. The van der Waals surface area contributed by atoms with Gasteiger partial charge in [-0.05, 0) is 43.5 Å². The second-order valence-electron chi connectivity index (χ2n) is 7.83. The predicted molar refractivity (Wildman–Crippen MR) is 115 cm³/mol. The lowest BCUT2D eigenvalue weighted by Gasteiger charge is -2.25. The van der Waals surface area contributed by atoms with E-state index in [-0.39, 0.29) is 11.5 Å². The molecule has 0 amide bonds. The van der Waals surface area contributed by atoms with Gasteiger partial charge < -0.3 is 5.32 Å². The standard InChI is InChI=1S/C20H22F2N8S/c1-20(21,22)16-12-30-15(13-8-24-25-9-13)10-23-19(30)18(26-16)27-17-7-14(28-31-17)11-29-5-3-2-4-6-29/h7-10,12H,2-6,11H2,1H3,(H,24,25)(H,26,27). The van der Waals surface area contributed by atoms with Crippen molar-refractivity contribution in [2.45, 2.75) is 38.7 Å². The lowest BCUT2D eigenvalue weighted by Crippen LogP contribution is -2.29. The first-order chi connectivity index (χ1) is 15.0. The molecule has 8 nitrogen and oxygen atoms in total. The number of H-pyrrole nitrogens is 1. The molecule has 1 saturated heterocycles. The van der Waals surface area contributed by atoms with Crippen molar-refractivity contribution in [3.05, 3.63) is 42.2 Å². The second-order valence-corrected chi connectivity index (χ2v) is 8.64. The first-order valence-electron chi connectivity index (χ1n) is 10.2. The molecule has 1 aliphatic heterocycles. The fourth-order valence-electron chi connectivity index (χ4n) is 3.80. The average Bonchev–Trinajstić information content (AvgIpc) is 3.48. The van der Waals surface area contributed by atoms with Crippen LogP contribution >= 0.6 is 11.5 Å². The Labute approximate surface area is 181 Å². The number of rotatable bonds is 6. The minimum absolute atomic E-state index is 0.266. The quantitative estimate of drug-likeness (QED) is 0.458. The van der Waals surface area contributed by atoms with Crippen LogP contribution < -0.4 is 5.32 Å². The maximum Gasteiger partial charge on any atom is 0.288 e. The SMILES string of the molecule is CC(F)(F)c1cn2c(-c3cn[nH]c3)cnc2c(Nc2cc(CN3CCCCC3)ns2)n1. The van der Waals surface area contributed by atoms with Crippen LogP contribution in [-0.2, 0) is 12.5 Å². The maximum atomic E-state index is 14.2. The topological polar surface area (TPSA) is 87.0 Å². The van der Waals surface area contributed by atoms with E-state index in [1.165, 1.54) is 37.0 Å². The number of halogens is 2. The normalized spacial score (nSPS) is 15.6. The van der Waals surface area contributed by atoms with Crippen LogP contribution in [0, 0.1) is 0 Å². The molecule has 11 heteroatoms. The molecule has 0 radical (unpaired) electrons. The van der Waals surface area contributed by atoms with Crippen LogP contribution in [0.1, 0.15) is 37.6 Å². The molecular formula is C20H22F2N8S.